The van der Waals surface area contributed by atoms with Crippen LogP contribution in [0, 0.1) is 0 Å². The summed E-state index contributed by atoms with van der Waals surface area (Å²) in [6.07, 6.45) is 7.56. The average Bonchev–Trinajstić information content (AvgIpc) is 2.63. The molecule has 2 aromatic rings. The number of hydrogen-bond acceptors (Lipinski definition) is 4. The molecule has 4 heteroatoms. The number of likely N-dealkylation sites (tertiary alicyclic amines) is 1. The van der Waals surface area contributed by atoms with Crippen LogP contribution in [0.4, 0.5) is 0 Å². The molecule has 0 amide bonds. The highest BCUT2D eigenvalue weighted by molar-refractivity contribution is 5.42. The molecule has 122 valence electrons. The Bertz CT molecular complexity index is 631. The summed E-state index contributed by atoms with van der Waals surface area (Å²) in [5.74, 6) is 1.57. The predicted octanol–water partition coefficient (Wildman–Crippen LogP) is 3.83. The molecule has 0 spiro atoms. The van der Waals surface area contributed by atoms with E-state index in [4.69, 9.17) is 9.47 Å². The van der Waals surface area contributed by atoms with Gasteiger partial charge in [0.05, 0.1) is 14.2 Å². The van der Waals surface area contributed by atoms with Crippen LogP contribution in [-0.2, 0) is 6.54 Å². The second-order valence-electron chi connectivity index (χ2n) is 5.96. The summed E-state index contributed by atoms with van der Waals surface area (Å²) < 4.78 is 10.7. The van der Waals surface area contributed by atoms with E-state index in [9.17, 15) is 0 Å². The van der Waals surface area contributed by atoms with Gasteiger partial charge in [0, 0.05) is 25.0 Å². The maximum absolute atomic E-state index is 5.42. The Morgan fingerprint density at radius 1 is 1.13 bits per heavy atom. The molecule has 3 rings (SSSR count). The zero-order valence-electron chi connectivity index (χ0n) is 13.9. The van der Waals surface area contributed by atoms with E-state index in [0.717, 1.165) is 24.6 Å². The Hall–Kier alpha value is -2.07. The maximum Gasteiger partial charge on any atom is 0.161 e. The molecule has 1 aromatic carbocycles. The highest BCUT2D eigenvalue weighted by Crippen LogP contribution is 2.33. The third kappa shape index (κ3) is 3.64. The van der Waals surface area contributed by atoms with Crippen LogP contribution in [0.3, 0.4) is 0 Å². The topological polar surface area (TPSA) is 34.6 Å². The van der Waals surface area contributed by atoms with Gasteiger partial charge in [0.25, 0.3) is 0 Å². The zero-order valence-corrected chi connectivity index (χ0v) is 13.9. The van der Waals surface area contributed by atoms with E-state index in [1.807, 2.05) is 24.5 Å². The monoisotopic (exact) mass is 312 g/mol. The number of ether oxygens (including phenoxy) is 2. The van der Waals surface area contributed by atoms with Crippen molar-refractivity contribution in [3.05, 3.63) is 53.9 Å². The molecule has 0 saturated carbocycles. The van der Waals surface area contributed by atoms with Crippen molar-refractivity contribution in [3.8, 4) is 11.5 Å². The standard InChI is InChI=1S/C19H24N2O2/c1-22-18-9-8-15(12-19(18)23-2)14-21-11-4-3-7-17(21)16-6-5-10-20-13-16/h5-6,8-10,12-13,17H,3-4,7,11,14H2,1-2H3. The molecule has 1 aromatic heterocycles. The summed E-state index contributed by atoms with van der Waals surface area (Å²) in [4.78, 5) is 6.83. The van der Waals surface area contributed by atoms with E-state index in [2.05, 4.69) is 28.1 Å². The Kier molecular flexibility index (Phi) is 5.13. The van der Waals surface area contributed by atoms with Crippen molar-refractivity contribution in [2.24, 2.45) is 0 Å². The minimum Gasteiger partial charge on any atom is -0.493 e. The van der Waals surface area contributed by atoms with Crippen molar-refractivity contribution in [3.63, 3.8) is 0 Å². The summed E-state index contributed by atoms with van der Waals surface area (Å²) in [5, 5.41) is 0. The number of piperidine rings is 1. The molecule has 1 fully saturated rings. The first-order valence-corrected chi connectivity index (χ1v) is 8.16. The van der Waals surface area contributed by atoms with E-state index in [1.54, 1.807) is 14.2 Å². The van der Waals surface area contributed by atoms with Crippen LogP contribution in [0.5, 0.6) is 11.5 Å². The molecule has 0 N–H and O–H groups in total. The van der Waals surface area contributed by atoms with Crippen LogP contribution in [0.15, 0.2) is 42.7 Å². The van der Waals surface area contributed by atoms with Gasteiger partial charge >= 0.3 is 0 Å². The molecule has 1 aliphatic heterocycles. The lowest BCUT2D eigenvalue weighted by atomic mass is 9.96. The van der Waals surface area contributed by atoms with Crippen molar-refractivity contribution < 1.29 is 9.47 Å². The van der Waals surface area contributed by atoms with Crippen LogP contribution in [0.1, 0.15) is 36.4 Å². The van der Waals surface area contributed by atoms with Crippen molar-refractivity contribution in [1.29, 1.82) is 0 Å². The highest BCUT2D eigenvalue weighted by Gasteiger charge is 2.24. The minimum absolute atomic E-state index is 0.450. The molecular weight excluding hydrogens is 288 g/mol. The number of benzene rings is 1. The van der Waals surface area contributed by atoms with Crippen molar-refractivity contribution >= 4 is 0 Å². The van der Waals surface area contributed by atoms with E-state index < -0.39 is 0 Å². The number of aromatic nitrogens is 1. The summed E-state index contributed by atoms with van der Waals surface area (Å²) in [6.45, 7) is 2.04. The Balaban J connectivity index is 1.79. The van der Waals surface area contributed by atoms with Crippen molar-refractivity contribution in [2.75, 3.05) is 20.8 Å². The van der Waals surface area contributed by atoms with Gasteiger partial charge in [-0.1, -0.05) is 18.6 Å². The van der Waals surface area contributed by atoms with Gasteiger partial charge in [0.2, 0.25) is 0 Å². The fraction of sp³-hybridized carbons (Fsp3) is 0.421. The van der Waals surface area contributed by atoms with Gasteiger partial charge in [-0.25, -0.2) is 0 Å². The molecule has 23 heavy (non-hydrogen) atoms. The number of nitrogens with zero attached hydrogens (tertiary/aromatic N) is 2. The fourth-order valence-corrected chi connectivity index (χ4v) is 3.34. The smallest absolute Gasteiger partial charge is 0.161 e. The van der Waals surface area contributed by atoms with Gasteiger partial charge < -0.3 is 9.47 Å². The van der Waals surface area contributed by atoms with Gasteiger partial charge in [-0.2, -0.15) is 0 Å². The predicted molar refractivity (Wildman–Crippen MR) is 90.8 cm³/mol. The molecule has 1 unspecified atom stereocenters. The largest absolute Gasteiger partial charge is 0.493 e. The molecule has 4 nitrogen and oxygen atoms in total. The third-order valence-electron chi connectivity index (χ3n) is 4.52. The SMILES string of the molecule is COc1ccc(CN2CCCCC2c2cccnc2)cc1OC. The maximum atomic E-state index is 5.42. The first-order valence-electron chi connectivity index (χ1n) is 8.16. The molecule has 1 aliphatic rings. The third-order valence-corrected chi connectivity index (χ3v) is 4.52. The Labute approximate surface area is 138 Å². The van der Waals surface area contributed by atoms with E-state index in [-0.39, 0.29) is 0 Å². The van der Waals surface area contributed by atoms with Crippen LogP contribution in [0.2, 0.25) is 0 Å². The summed E-state index contributed by atoms with van der Waals surface area (Å²) in [7, 11) is 3.35. The van der Waals surface area contributed by atoms with Gasteiger partial charge in [-0.15, -0.1) is 0 Å². The van der Waals surface area contributed by atoms with Crippen LogP contribution < -0.4 is 9.47 Å². The summed E-state index contributed by atoms with van der Waals surface area (Å²) >= 11 is 0. The van der Waals surface area contributed by atoms with E-state index in [1.165, 1.54) is 30.4 Å². The lowest BCUT2D eigenvalue weighted by molar-refractivity contribution is 0.140. The van der Waals surface area contributed by atoms with Gasteiger partial charge in [-0.3, -0.25) is 9.88 Å². The van der Waals surface area contributed by atoms with E-state index >= 15 is 0 Å². The van der Waals surface area contributed by atoms with E-state index in [0.29, 0.717) is 6.04 Å². The summed E-state index contributed by atoms with van der Waals surface area (Å²) in [5.41, 5.74) is 2.56. The van der Waals surface area contributed by atoms with Gasteiger partial charge in [0.1, 0.15) is 0 Å². The quantitative estimate of drug-likeness (QED) is 0.840. The normalized spacial score (nSPS) is 18.6. The van der Waals surface area contributed by atoms with Gasteiger partial charge in [-0.05, 0) is 48.7 Å². The second-order valence-corrected chi connectivity index (χ2v) is 5.96. The minimum atomic E-state index is 0.450. The number of methoxy groups -OCH3 is 2. The first-order chi connectivity index (χ1) is 11.3. The van der Waals surface area contributed by atoms with Crippen molar-refractivity contribution in [1.82, 2.24) is 9.88 Å². The molecular formula is C19H24N2O2. The molecule has 0 aliphatic carbocycles. The van der Waals surface area contributed by atoms with Crippen LogP contribution in [-0.4, -0.2) is 30.6 Å². The Morgan fingerprint density at radius 3 is 2.74 bits per heavy atom. The van der Waals surface area contributed by atoms with Gasteiger partial charge in [0.15, 0.2) is 11.5 Å². The number of pyridine rings is 1. The lowest BCUT2D eigenvalue weighted by Gasteiger charge is -2.36. The van der Waals surface area contributed by atoms with Crippen molar-refractivity contribution in [2.45, 2.75) is 31.8 Å². The molecule has 0 radical (unpaired) electrons. The van der Waals surface area contributed by atoms with Crippen LogP contribution >= 0.6 is 0 Å². The fourth-order valence-electron chi connectivity index (χ4n) is 3.34. The Morgan fingerprint density at radius 2 is 2.00 bits per heavy atom. The second kappa shape index (κ2) is 7.47. The lowest BCUT2D eigenvalue weighted by Crippen LogP contribution is -2.33. The highest BCUT2D eigenvalue weighted by atomic mass is 16.5. The average molecular weight is 312 g/mol. The molecule has 2 heterocycles. The number of rotatable bonds is 5. The molecule has 1 saturated heterocycles. The molecule has 1 atom stereocenters. The zero-order chi connectivity index (χ0) is 16.1. The molecule has 0 bridgehead atoms. The first kappa shape index (κ1) is 15.8. The van der Waals surface area contributed by atoms with Crippen LogP contribution in [0.25, 0.3) is 0 Å². The number of hydrogen-bond donors (Lipinski definition) is 0. The summed E-state index contributed by atoms with van der Waals surface area (Å²) in [6, 6.07) is 10.8.